The number of carbonyl (C=O) groups is 1. The van der Waals surface area contributed by atoms with Crippen molar-refractivity contribution in [3.8, 4) is 0 Å². The van der Waals surface area contributed by atoms with E-state index in [1.54, 1.807) is 12.1 Å². The van der Waals surface area contributed by atoms with Crippen molar-refractivity contribution in [1.82, 2.24) is 0 Å². The van der Waals surface area contributed by atoms with Crippen LogP contribution in [0.25, 0.3) is 10.8 Å². The van der Waals surface area contributed by atoms with Crippen molar-refractivity contribution in [1.29, 1.82) is 0 Å². The second-order valence-electron chi connectivity index (χ2n) is 4.32. The van der Waals surface area contributed by atoms with E-state index in [4.69, 9.17) is 4.84 Å². The molecule has 19 heavy (non-hydrogen) atoms. The Bertz CT molecular complexity index is 581. The van der Waals surface area contributed by atoms with Crippen molar-refractivity contribution < 1.29 is 14.7 Å². The van der Waals surface area contributed by atoms with E-state index >= 15 is 0 Å². The third-order valence-electron chi connectivity index (χ3n) is 2.92. The highest BCUT2D eigenvalue weighted by Crippen LogP contribution is 2.26. The predicted molar refractivity (Wildman–Crippen MR) is 75.4 cm³/mol. The van der Waals surface area contributed by atoms with Gasteiger partial charge in [-0.2, -0.15) is 0 Å². The zero-order chi connectivity index (χ0) is 13.7. The summed E-state index contributed by atoms with van der Waals surface area (Å²) >= 11 is 0. The molecule has 0 saturated carbocycles. The molecule has 2 N–H and O–H groups in total. The summed E-state index contributed by atoms with van der Waals surface area (Å²) in [6, 6.07) is 11.0. The maximum Gasteiger partial charge on any atom is 0.338 e. The first-order valence-electron chi connectivity index (χ1n) is 6.37. The lowest BCUT2D eigenvalue weighted by Crippen LogP contribution is -2.08. The van der Waals surface area contributed by atoms with Gasteiger partial charge in [0, 0.05) is 0 Å². The molecule has 4 nitrogen and oxygen atoms in total. The lowest BCUT2D eigenvalue weighted by molar-refractivity contribution is 0.0698. The summed E-state index contributed by atoms with van der Waals surface area (Å²) in [4.78, 5) is 16.7. The number of aromatic carboxylic acids is 1. The molecule has 0 fully saturated rings. The molecule has 2 aromatic carbocycles. The molecule has 0 aliphatic rings. The van der Waals surface area contributed by atoms with Crippen molar-refractivity contribution in [2.24, 2.45) is 0 Å². The average molecular weight is 259 g/mol. The quantitative estimate of drug-likeness (QED) is 0.613. The van der Waals surface area contributed by atoms with E-state index in [0.717, 1.165) is 18.2 Å². The van der Waals surface area contributed by atoms with Gasteiger partial charge in [0.15, 0.2) is 0 Å². The molecule has 0 amide bonds. The van der Waals surface area contributed by atoms with Gasteiger partial charge in [0.25, 0.3) is 0 Å². The van der Waals surface area contributed by atoms with E-state index in [1.165, 1.54) is 0 Å². The van der Waals surface area contributed by atoms with Gasteiger partial charge < -0.3 is 5.11 Å². The first-order valence-corrected chi connectivity index (χ1v) is 6.37. The van der Waals surface area contributed by atoms with E-state index in [0.29, 0.717) is 17.7 Å². The topological polar surface area (TPSA) is 58.6 Å². The van der Waals surface area contributed by atoms with Gasteiger partial charge in [-0.1, -0.05) is 43.7 Å². The van der Waals surface area contributed by atoms with E-state index in [1.807, 2.05) is 24.3 Å². The normalized spacial score (nSPS) is 10.6. The number of unbranched alkanes of at least 4 members (excludes halogenated alkanes) is 1. The molecule has 0 spiro atoms. The van der Waals surface area contributed by atoms with Crippen LogP contribution in [0.5, 0.6) is 0 Å². The van der Waals surface area contributed by atoms with Gasteiger partial charge in [-0.3, -0.25) is 10.3 Å². The fourth-order valence-corrected chi connectivity index (χ4v) is 1.93. The number of fused-ring (bicyclic) bond motifs is 1. The molecule has 100 valence electrons. The summed E-state index contributed by atoms with van der Waals surface area (Å²) in [6.45, 7) is 2.63. The zero-order valence-corrected chi connectivity index (χ0v) is 10.8. The third kappa shape index (κ3) is 3.03. The fourth-order valence-electron chi connectivity index (χ4n) is 1.93. The standard InChI is InChI=1S/C15H17NO3/c1-2-3-10-19-16-13-9-8-11-6-4-5-7-12(11)14(13)15(17)18/h4-9,16H,2-3,10H2,1H3,(H,17,18). The van der Waals surface area contributed by atoms with Crippen LogP contribution in [0.2, 0.25) is 0 Å². The van der Waals surface area contributed by atoms with Crippen LogP contribution in [-0.4, -0.2) is 17.7 Å². The van der Waals surface area contributed by atoms with E-state index in [2.05, 4.69) is 12.4 Å². The Morgan fingerprint density at radius 2 is 2.05 bits per heavy atom. The van der Waals surface area contributed by atoms with Gasteiger partial charge in [0.05, 0.1) is 17.9 Å². The van der Waals surface area contributed by atoms with Gasteiger partial charge in [0.1, 0.15) is 0 Å². The van der Waals surface area contributed by atoms with E-state index in [-0.39, 0.29) is 5.56 Å². The minimum absolute atomic E-state index is 0.245. The van der Waals surface area contributed by atoms with Crippen molar-refractivity contribution in [2.75, 3.05) is 12.1 Å². The van der Waals surface area contributed by atoms with Crippen LogP contribution in [0.1, 0.15) is 30.1 Å². The molecule has 0 unspecified atom stereocenters. The summed E-state index contributed by atoms with van der Waals surface area (Å²) in [6.07, 6.45) is 1.97. The molecular formula is C15H17NO3. The summed E-state index contributed by atoms with van der Waals surface area (Å²) in [5, 5.41) is 11.0. The van der Waals surface area contributed by atoms with Crippen LogP contribution in [-0.2, 0) is 4.84 Å². The first-order chi connectivity index (χ1) is 9.24. The molecule has 0 aliphatic carbocycles. The monoisotopic (exact) mass is 259 g/mol. The smallest absolute Gasteiger partial charge is 0.338 e. The Morgan fingerprint density at radius 1 is 1.26 bits per heavy atom. The zero-order valence-electron chi connectivity index (χ0n) is 10.8. The summed E-state index contributed by atoms with van der Waals surface area (Å²) in [7, 11) is 0. The summed E-state index contributed by atoms with van der Waals surface area (Å²) in [5.41, 5.74) is 3.47. The molecule has 0 heterocycles. The molecule has 0 saturated heterocycles. The Kier molecular flexibility index (Phi) is 4.36. The molecule has 4 heteroatoms. The highest BCUT2D eigenvalue weighted by molar-refractivity contribution is 6.08. The summed E-state index contributed by atoms with van der Waals surface area (Å²) < 4.78 is 0. The number of benzene rings is 2. The average Bonchev–Trinajstić information content (AvgIpc) is 2.42. The van der Waals surface area contributed by atoms with Crippen molar-refractivity contribution in [3.05, 3.63) is 42.0 Å². The predicted octanol–water partition coefficient (Wildman–Crippen LogP) is 3.68. The Morgan fingerprint density at radius 3 is 2.79 bits per heavy atom. The van der Waals surface area contributed by atoms with Crippen LogP contribution < -0.4 is 5.48 Å². The number of rotatable bonds is 6. The van der Waals surface area contributed by atoms with Gasteiger partial charge in [0.2, 0.25) is 0 Å². The van der Waals surface area contributed by atoms with Crippen LogP contribution >= 0.6 is 0 Å². The Labute approximate surface area is 112 Å². The minimum atomic E-state index is -0.960. The van der Waals surface area contributed by atoms with Gasteiger partial charge in [-0.05, 0) is 23.3 Å². The largest absolute Gasteiger partial charge is 0.478 e. The van der Waals surface area contributed by atoms with Crippen molar-refractivity contribution in [3.63, 3.8) is 0 Å². The second-order valence-corrected chi connectivity index (χ2v) is 4.32. The maximum atomic E-state index is 11.4. The SMILES string of the molecule is CCCCONc1ccc2ccccc2c1C(=O)O. The van der Waals surface area contributed by atoms with Crippen LogP contribution in [0.15, 0.2) is 36.4 Å². The van der Waals surface area contributed by atoms with E-state index in [9.17, 15) is 9.90 Å². The molecule has 2 aromatic rings. The van der Waals surface area contributed by atoms with Crippen LogP contribution in [0, 0.1) is 0 Å². The highest BCUT2D eigenvalue weighted by atomic mass is 16.6. The number of nitrogens with one attached hydrogen (secondary N) is 1. The van der Waals surface area contributed by atoms with Gasteiger partial charge in [-0.15, -0.1) is 0 Å². The van der Waals surface area contributed by atoms with Gasteiger partial charge in [-0.25, -0.2) is 4.79 Å². The molecular weight excluding hydrogens is 242 g/mol. The Hall–Kier alpha value is -2.07. The minimum Gasteiger partial charge on any atom is -0.478 e. The first kappa shape index (κ1) is 13.4. The third-order valence-corrected chi connectivity index (χ3v) is 2.92. The number of carboxylic acid groups (broad SMARTS) is 1. The second kappa shape index (κ2) is 6.20. The number of hydrogen-bond donors (Lipinski definition) is 2. The molecule has 0 radical (unpaired) electrons. The Balaban J connectivity index is 2.32. The maximum absolute atomic E-state index is 11.4. The lowest BCUT2D eigenvalue weighted by Gasteiger charge is -2.11. The number of anilines is 1. The molecule has 0 aliphatic heterocycles. The van der Waals surface area contributed by atoms with Crippen LogP contribution in [0.4, 0.5) is 5.69 Å². The molecule has 2 rings (SSSR count). The van der Waals surface area contributed by atoms with Gasteiger partial charge >= 0.3 is 5.97 Å². The molecule has 0 atom stereocenters. The fraction of sp³-hybridized carbons (Fsp3) is 0.267. The number of hydrogen-bond acceptors (Lipinski definition) is 3. The highest BCUT2D eigenvalue weighted by Gasteiger charge is 2.14. The van der Waals surface area contributed by atoms with Crippen LogP contribution in [0.3, 0.4) is 0 Å². The van der Waals surface area contributed by atoms with Crippen molar-refractivity contribution in [2.45, 2.75) is 19.8 Å². The number of carboxylic acids is 1. The van der Waals surface area contributed by atoms with Crippen molar-refractivity contribution >= 4 is 22.4 Å². The molecule has 0 bridgehead atoms. The lowest BCUT2D eigenvalue weighted by atomic mass is 10.0. The summed E-state index contributed by atoms with van der Waals surface area (Å²) in [5.74, 6) is -0.960. The molecule has 0 aromatic heterocycles. The van der Waals surface area contributed by atoms with E-state index < -0.39 is 5.97 Å².